The average molecular weight is 331 g/mol. The maximum absolute atomic E-state index is 12.3. The molecule has 0 saturated carbocycles. The van der Waals surface area contributed by atoms with Gasteiger partial charge in [-0.15, -0.1) is 0 Å². The van der Waals surface area contributed by atoms with Crippen LogP contribution in [0.4, 0.5) is 17.1 Å². The Labute approximate surface area is 138 Å². The van der Waals surface area contributed by atoms with Crippen LogP contribution in [0.1, 0.15) is 22.3 Å². The van der Waals surface area contributed by atoms with Gasteiger partial charge in [0.15, 0.2) is 0 Å². The number of benzene rings is 2. The van der Waals surface area contributed by atoms with E-state index in [4.69, 9.17) is 11.6 Å². The van der Waals surface area contributed by atoms with Crippen molar-refractivity contribution < 1.29 is 14.3 Å². The van der Waals surface area contributed by atoms with E-state index in [9.17, 15) is 9.59 Å². The van der Waals surface area contributed by atoms with E-state index in [0.717, 1.165) is 11.3 Å². The van der Waals surface area contributed by atoms with Crippen LogP contribution in [-0.4, -0.2) is 19.0 Å². The SMILES string of the molecule is COC(=O)CCc1ccc2c(c1)Nc1cc(Cl)ccc1C(=O)N2. The summed E-state index contributed by atoms with van der Waals surface area (Å²) in [5.41, 5.74) is 3.60. The summed E-state index contributed by atoms with van der Waals surface area (Å²) in [6, 6.07) is 10.7. The minimum atomic E-state index is -0.252. The number of fused-ring (bicyclic) bond motifs is 2. The summed E-state index contributed by atoms with van der Waals surface area (Å²) >= 11 is 6.01. The van der Waals surface area contributed by atoms with Crippen LogP contribution in [0.3, 0.4) is 0 Å². The van der Waals surface area contributed by atoms with Gasteiger partial charge < -0.3 is 15.4 Å². The van der Waals surface area contributed by atoms with Gasteiger partial charge in [-0.2, -0.15) is 0 Å². The van der Waals surface area contributed by atoms with Gasteiger partial charge in [0.1, 0.15) is 0 Å². The number of rotatable bonds is 3. The van der Waals surface area contributed by atoms with Crippen molar-refractivity contribution in [1.29, 1.82) is 0 Å². The number of hydrogen-bond donors (Lipinski definition) is 2. The zero-order valence-corrected chi connectivity index (χ0v) is 13.2. The number of hydrogen-bond acceptors (Lipinski definition) is 4. The van der Waals surface area contributed by atoms with Gasteiger partial charge in [0.25, 0.3) is 5.91 Å². The molecular weight excluding hydrogens is 316 g/mol. The van der Waals surface area contributed by atoms with Gasteiger partial charge in [-0.3, -0.25) is 9.59 Å². The van der Waals surface area contributed by atoms with E-state index in [1.54, 1.807) is 18.2 Å². The molecule has 23 heavy (non-hydrogen) atoms. The number of aryl methyl sites for hydroxylation is 1. The first-order valence-corrected chi connectivity index (χ1v) is 7.52. The van der Waals surface area contributed by atoms with Crippen molar-refractivity contribution in [3.8, 4) is 0 Å². The highest BCUT2D eigenvalue weighted by Crippen LogP contribution is 2.34. The lowest BCUT2D eigenvalue weighted by molar-refractivity contribution is -0.140. The van der Waals surface area contributed by atoms with E-state index in [0.29, 0.717) is 34.8 Å². The smallest absolute Gasteiger partial charge is 0.305 e. The predicted molar refractivity (Wildman–Crippen MR) is 89.5 cm³/mol. The highest BCUT2D eigenvalue weighted by Gasteiger charge is 2.19. The quantitative estimate of drug-likeness (QED) is 0.841. The first-order chi connectivity index (χ1) is 11.1. The van der Waals surface area contributed by atoms with Crippen LogP contribution in [0.15, 0.2) is 36.4 Å². The van der Waals surface area contributed by atoms with E-state index in [2.05, 4.69) is 15.4 Å². The van der Waals surface area contributed by atoms with Gasteiger partial charge in [0.2, 0.25) is 0 Å². The molecular formula is C17H15ClN2O3. The van der Waals surface area contributed by atoms with E-state index in [1.807, 2.05) is 18.2 Å². The van der Waals surface area contributed by atoms with Crippen molar-refractivity contribution in [2.24, 2.45) is 0 Å². The molecule has 0 radical (unpaired) electrons. The van der Waals surface area contributed by atoms with Crippen molar-refractivity contribution in [1.82, 2.24) is 0 Å². The number of carbonyl (C=O) groups excluding carboxylic acids is 2. The monoisotopic (exact) mass is 330 g/mol. The maximum Gasteiger partial charge on any atom is 0.305 e. The lowest BCUT2D eigenvalue weighted by Gasteiger charge is -2.11. The number of esters is 1. The summed E-state index contributed by atoms with van der Waals surface area (Å²) in [6.07, 6.45) is 0.877. The molecule has 1 aliphatic rings. The number of nitrogens with one attached hydrogen (secondary N) is 2. The molecule has 2 aromatic carbocycles. The Hall–Kier alpha value is -2.53. The van der Waals surface area contributed by atoms with Crippen LogP contribution in [0.2, 0.25) is 5.02 Å². The molecule has 0 fully saturated rings. The summed E-state index contributed by atoms with van der Waals surface area (Å²) < 4.78 is 4.65. The van der Waals surface area contributed by atoms with Crippen molar-refractivity contribution >= 4 is 40.5 Å². The Bertz CT molecular complexity index is 789. The molecule has 0 aromatic heterocycles. The summed E-state index contributed by atoms with van der Waals surface area (Å²) in [5.74, 6) is -0.441. The van der Waals surface area contributed by atoms with Crippen molar-refractivity contribution in [3.05, 3.63) is 52.5 Å². The second kappa shape index (κ2) is 6.30. The summed E-state index contributed by atoms with van der Waals surface area (Å²) in [7, 11) is 1.37. The second-order valence-electron chi connectivity index (χ2n) is 5.23. The van der Waals surface area contributed by atoms with E-state index < -0.39 is 0 Å². The topological polar surface area (TPSA) is 67.4 Å². The van der Waals surface area contributed by atoms with Crippen molar-refractivity contribution in [2.75, 3.05) is 17.7 Å². The standard InChI is InChI=1S/C17H15ClN2O3/c1-23-16(21)7-3-10-2-6-13-15(8-10)19-14-9-11(18)4-5-12(14)17(22)20-13/h2,4-6,8-9,19H,3,7H2,1H3,(H,20,22). The molecule has 0 saturated heterocycles. The Morgan fingerprint density at radius 2 is 1.91 bits per heavy atom. The number of halogens is 1. The number of amides is 1. The summed E-state index contributed by atoms with van der Waals surface area (Å²) in [4.78, 5) is 23.5. The fourth-order valence-corrected chi connectivity index (χ4v) is 2.63. The van der Waals surface area contributed by atoms with Gasteiger partial charge in [-0.25, -0.2) is 0 Å². The Morgan fingerprint density at radius 3 is 2.70 bits per heavy atom. The Kier molecular flexibility index (Phi) is 4.21. The number of methoxy groups -OCH3 is 1. The zero-order valence-electron chi connectivity index (χ0n) is 12.5. The molecule has 0 atom stereocenters. The highest BCUT2D eigenvalue weighted by molar-refractivity contribution is 6.31. The number of carbonyl (C=O) groups is 2. The summed E-state index contributed by atoms with van der Waals surface area (Å²) in [6.45, 7) is 0. The minimum Gasteiger partial charge on any atom is -0.469 e. The first-order valence-electron chi connectivity index (χ1n) is 7.14. The van der Waals surface area contributed by atoms with Gasteiger partial charge in [0.05, 0.1) is 29.7 Å². The zero-order chi connectivity index (χ0) is 16.4. The van der Waals surface area contributed by atoms with Crippen molar-refractivity contribution in [2.45, 2.75) is 12.8 Å². The lowest BCUT2D eigenvalue weighted by atomic mass is 10.1. The van der Waals surface area contributed by atoms with Crippen LogP contribution in [0, 0.1) is 0 Å². The first kappa shape index (κ1) is 15.4. The molecule has 2 aromatic rings. The molecule has 0 bridgehead atoms. The lowest BCUT2D eigenvalue weighted by Crippen LogP contribution is -2.10. The number of anilines is 3. The van der Waals surface area contributed by atoms with Gasteiger partial charge in [-0.05, 0) is 42.3 Å². The van der Waals surface area contributed by atoms with Crippen LogP contribution in [0.5, 0.6) is 0 Å². The van der Waals surface area contributed by atoms with Gasteiger partial charge in [0, 0.05) is 11.4 Å². The summed E-state index contributed by atoms with van der Waals surface area (Å²) in [5, 5.41) is 6.65. The third-order valence-corrected chi connectivity index (χ3v) is 3.91. The predicted octanol–water partition coefficient (Wildman–Crippen LogP) is 3.75. The third-order valence-electron chi connectivity index (χ3n) is 3.67. The largest absolute Gasteiger partial charge is 0.469 e. The van der Waals surface area contributed by atoms with Crippen LogP contribution >= 0.6 is 11.6 Å². The molecule has 1 heterocycles. The fourth-order valence-electron chi connectivity index (χ4n) is 2.46. The van der Waals surface area contributed by atoms with E-state index in [1.165, 1.54) is 7.11 Å². The highest BCUT2D eigenvalue weighted by atomic mass is 35.5. The molecule has 1 amide bonds. The Balaban J connectivity index is 1.91. The van der Waals surface area contributed by atoms with E-state index >= 15 is 0 Å². The fraction of sp³-hybridized carbons (Fsp3) is 0.176. The molecule has 6 heteroatoms. The van der Waals surface area contributed by atoms with Crippen molar-refractivity contribution in [3.63, 3.8) is 0 Å². The molecule has 0 unspecified atom stereocenters. The maximum atomic E-state index is 12.3. The molecule has 0 spiro atoms. The average Bonchev–Trinajstić information content (AvgIpc) is 2.67. The van der Waals surface area contributed by atoms with Crippen LogP contribution in [0.25, 0.3) is 0 Å². The van der Waals surface area contributed by atoms with Crippen LogP contribution < -0.4 is 10.6 Å². The van der Waals surface area contributed by atoms with Gasteiger partial charge in [-0.1, -0.05) is 17.7 Å². The van der Waals surface area contributed by atoms with Crippen LogP contribution in [-0.2, 0) is 16.0 Å². The minimum absolute atomic E-state index is 0.190. The molecule has 3 rings (SSSR count). The molecule has 2 N–H and O–H groups in total. The molecule has 5 nitrogen and oxygen atoms in total. The molecule has 118 valence electrons. The van der Waals surface area contributed by atoms with Gasteiger partial charge >= 0.3 is 5.97 Å². The third kappa shape index (κ3) is 3.29. The molecule has 0 aliphatic carbocycles. The number of ether oxygens (including phenoxy) is 1. The Morgan fingerprint density at radius 1 is 1.09 bits per heavy atom. The normalized spacial score (nSPS) is 12.3. The van der Waals surface area contributed by atoms with E-state index in [-0.39, 0.29) is 11.9 Å². The second-order valence-corrected chi connectivity index (χ2v) is 5.66. The molecule has 1 aliphatic heterocycles.